The second-order valence-electron chi connectivity index (χ2n) is 13.2. The van der Waals surface area contributed by atoms with Gasteiger partial charge in [0.05, 0.1) is 0 Å². The highest BCUT2D eigenvalue weighted by molar-refractivity contribution is 7.26. The molecule has 8 aromatic carbocycles. The molecular formula is C48H28S2. The Morgan fingerprint density at radius 3 is 1.32 bits per heavy atom. The predicted octanol–water partition coefficient (Wildman–Crippen LogP) is 14.7. The average Bonchev–Trinajstić information content (AvgIpc) is 3.75. The van der Waals surface area contributed by atoms with Crippen molar-refractivity contribution in [2.24, 2.45) is 0 Å². The first-order valence-corrected chi connectivity index (χ1v) is 18.7. The van der Waals surface area contributed by atoms with Crippen molar-refractivity contribution in [3.63, 3.8) is 0 Å². The summed E-state index contributed by atoms with van der Waals surface area (Å²) in [5.41, 5.74) is 15.3. The van der Waals surface area contributed by atoms with Crippen LogP contribution >= 0.6 is 22.7 Å². The van der Waals surface area contributed by atoms with Crippen LogP contribution in [-0.4, -0.2) is 0 Å². The van der Waals surface area contributed by atoms with Gasteiger partial charge in [-0.05, 0) is 103 Å². The molecule has 0 saturated carbocycles. The van der Waals surface area contributed by atoms with E-state index in [1.54, 1.807) is 0 Å². The molecule has 0 atom stereocenters. The third-order valence-corrected chi connectivity index (χ3v) is 12.9. The molecule has 0 aliphatic heterocycles. The van der Waals surface area contributed by atoms with E-state index in [-0.39, 0.29) is 0 Å². The van der Waals surface area contributed by atoms with E-state index in [9.17, 15) is 0 Å². The molecule has 0 unspecified atom stereocenters. The number of benzene rings is 8. The van der Waals surface area contributed by atoms with Crippen LogP contribution in [0.15, 0.2) is 170 Å². The second-order valence-corrected chi connectivity index (χ2v) is 15.3. The molecule has 0 spiro atoms. The highest BCUT2D eigenvalue weighted by atomic mass is 32.1. The van der Waals surface area contributed by atoms with Crippen molar-refractivity contribution >= 4 is 63.0 Å². The summed E-state index contributed by atoms with van der Waals surface area (Å²) in [6.45, 7) is 0. The SMILES string of the molecule is c1ccc2c(c1)-c1ccccc1-c1ccc(-c3cccc4c3sc3ccc(-c5ccc6sc7ccccc7c6c5)cc34)cc1-c1ccccc1-2. The van der Waals surface area contributed by atoms with Crippen LogP contribution in [0.5, 0.6) is 0 Å². The highest BCUT2D eigenvalue weighted by Crippen LogP contribution is 2.49. The maximum absolute atomic E-state index is 2.43. The first-order valence-electron chi connectivity index (χ1n) is 17.1. The van der Waals surface area contributed by atoms with Crippen LogP contribution in [0, 0.1) is 0 Å². The standard InChI is InChI=1S/C48H28S2/c1-2-11-34-33(10-1)35-12-3-4-14-37(35)39-23-20-31(28-42(39)38-15-6-5-13-36(34)38)32-17-9-18-41-44-27-30(22-25-47(44)50-48(32)41)29-21-24-46-43(26-29)40-16-7-8-19-45(40)49-46/h1-28H. The zero-order valence-electron chi connectivity index (χ0n) is 27.0. The summed E-state index contributed by atoms with van der Waals surface area (Å²) in [6.07, 6.45) is 0. The lowest BCUT2D eigenvalue weighted by Crippen LogP contribution is -1.97. The zero-order valence-corrected chi connectivity index (χ0v) is 28.6. The van der Waals surface area contributed by atoms with Gasteiger partial charge in [0.2, 0.25) is 0 Å². The topological polar surface area (TPSA) is 0 Å². The molecule has 10 aromatic rings. The molecule has 2 heteroatoms. The van der Waals surface area contributed by atoms with E-state index in [4.69, 9.17) is 0 Å². The minimum Gasteiger partial charge on any atom is -0.135 e. The van der Waals surface area contributed by atoms with Crippen LogP contribution < -0.4 is 0 Å². The van der Waals surface area contributed by atoms with Crippen molar-refractivity contribution in [2.75, 3.05) is 0 Å². The summed E-state index contributed by atoms with van der Waals surface area (Å²) in [6, 6.07) is 63.3. The van der Waals surface area contributed by atoms with Gasteiger partial charge < -0.3 is 0 Å². The second kappa shape index (κ2) is 10.9. The number of hydrogen-bond donors (Lipinski definition) is 0. The molecule has 0 radical (unpaired) electrons. The first-order chi connectivity index (χ1) is 24.8. The van der Waals surface area contributed by atoms with Gasteiger partial charge in [0.25, 0.3) is 0 Å². The Morgan fingerprint density at radius 2 is 0.680 bits per heavy atom. The Morgan fingerprint density at radius 1 is 0.240 bits per heavy atom. The predicted molar refractivity (Wildman–Crippen MR) is 218 cm³/mol. The molecule has 0 saturated heterocycles. The monoisotopic (exact) mass is 668 g/mol. The first kappa shape index (κ1) is 28.1. The van der Waals surface area contributed by atoms with E-state index in [2.05, 4.69) is 170 Å². The number of thiophene rings is 2. The summed E-state index contributed by atoms with van der Waals surface area (Å²) in [5, 5.41) is 5.32. The summed E-state index contributed by atoms with van der Waals surface area (Å²) in [7, 11) is 0. The van der Waals surface area contributed by atoms with Crippen LogP contribution in [0.25, 0.3) is 107 Å². The van der Waals surface area contributed by atoms with Crippen LogP contribution in [0.1, 0.15) is 0 Å². The quantitative estimate of drug-likeness (QED) is 0.172. The maximum Gasteiger partial charge on any atom is 0.0433 e. The van der Waals surface area contributed by atoms with Gasteiger partial charge in [-0.2, -0.15) is 0 Å². The van der Waals surface area contributed by atoms with E-state index in [0.717, 1.165) is 0 Å². The highest BCUT2D eigenvalue weighted by Gasteiger charge is 2.22. The third kappa shape index (κ3) is 4.16. The molecular weight excluding hydrogens is 641 g/mol. The average molecular weight is 669 g/mol. The van der Waals surface area contributed by atoms with E-state index in [0.29, 0.717) is 0 Å². The molecule has 232 valence electrons. The molecule has 2 heterocycles. The smallest absolute Gasteiger partial charge is 0.0433 e. The Labute approximate surface area is 298 Å². The Bertz CT molecular complexity index is 2980. The van der Waals surface area contributed by atoms with E-state index in [1.165, 1.54) is 107 Å². The van der Waals surface area contributed by atoms with Gasteiger partial charge in [-0.15, -0.1) is 22.7 Å². The van der Waals surface area contributed by atoms with Gasteiger partial charge in [-0.1, -0.05) is 133 Å². The summed E-state index contributed by atoms with van der Waals surface area (Å²) >= 11 is 3.78. The molecule has 11 rings (SSSR count). The minimum atomic E-state index is 1.25. The van der Waals surface area contributed by atoms with Crippen molar-refractivity contribution in [3.8, 4) is 66.8 Å². The van der Waals surface area contributed by atoms with Crippen LogP contribution in [0.4, 0.5) is 0 Å². The molecule has 0 bridgehead atoms. The van der Waals surface area contributed by atoms with Crippen molar-refractivity contribution in [2.45, 2.75) is 0 Å². The van der Waals surface area contributed by atoms with Crippen LogP contribution in [0.2, 0.25) is 0 Å². The van der Waals surface area contributed by atoms with Crippen LogP contribution in [0.3, 0.4) is 0 Å². The third-order valence-electron chi connectivity index (χ3n) is 10.5. The summed E-state index contributed by atoms with van der Waals surface area (Å²) in [4.78, 5) is 0. The lowest BCUT2D eigenvalue weighted by Gasteiger charge is -2.23. The fourth-order valence-electron chi connectivity index (χ4n) is 8.14. The molecule has 0 fully saturated rings. The lowest BCUT2D eigenvalue weighted by atomic mass is 9.80. The van der Waals surface area contributed by atoms with Crippen molar-refractivity contribution < 1.29 is 0 Å². The fourth-order valence-corrected chi connectivity index (χ4v) is 10.4. The van der Waals surface area contributed by atoms with E-state index < -0.39 is 0 Å². The number of hydrogen-bond acceptors (Lipinski definition) is 2. The number of fused-ring (bicyclic) bond motifs is 14. The minimum absolute atomic E-state index is 1.25. The van der Waals surface area contributed by atoms with Gasteiger partial charge in [0.1, 0.15) is 0 Å². The molecule has 0 amide bonds. The summed E-state index contributed by atoms with van der Waals surface area (Å²) < 4.78 is 5.34. The number of rotatable bonds is 2. The normalized spacial score (nSPS) is 12.0. The maximum atomic E-state index is 2.43. The van der Waals surface area contributed by atoms with Gasteiger partial charge in [0, 0.05) is 40.3 Å². The molecule has 2 aromatic heterocycles. The van der Waals surface area contributed by atoms with Crippen molar-refractivity contribution in [1.29, 1.82) is 0 Å². The van der Waals surface area contributed by atoms with Gasteiger partial charge in [-0.3, -0.25) is 0 Å². The lowest BCUT2D eigenvalue weighted by molar-refractivity contribution is 1.52. The van der Waals surface area contributed by atoms with E-state index in [1.807, 2.05) is 22.7 Å². The molecule has 1 aliphatic carbocycles. The zero-order chi connectivity index (χ0) is 32.8. The Balaban J connectivity index is 1.09. The molecule has 50 heavy (non-hydrogen) atoms. The van der Waals surface area contributed by atoms with Gasteiger partial charge in [-0.25, -0.2) is 0 Å². The Hall–Kier alpha value is -5.80. The molecule has 0 N–H and O–H groups in total. The molecule has 1 aliphatic rings. The van der Waals surface area contributed by atoms with E-state index >= 15 is 0 Å². The Kier molecular flexibility index (Phi) is 6.09. The van der Waals surface area contributed by atoms with Crippen molar-refractivity contribution in [1.82, 2.24) is 0 Å². The van der Waals surface area contributed by atoms with Crippen molar-refractivity contribution in [3.05, 3.63) is 170 Å². The van der Waals surface area contributed by atoms with Gasteiger partial charge in [0.15, 0.2) is 0 Å². The van der Waals surface area contributed by atoms with Gasteiger partial charge >= 0.3 is 0 Å². The van der Waals surface area contributed by atoms with Crippen LogP contribution in [-0.2, 0) is 0 Å². The molecule has 0 nitrogen and oxygen atoms in total. The summed E-state index contributed by atoms with van der Waals surface area (Å²) in [5.74, 6) is 0. The fraction of sp³-hybridized carbons (Fsp3) is 0. The largest absolute Gasteiger partial charge is 0.135 e.